The van der Waals surface area contributed by atoms with E-state index in [2.05, 4.69) is 37.2 Å². The maximum Gasteiger partial charge on any atom is 0.166 e. The number of carbonyl (C=O) groups excluding carboxylic acids is 1. The van der Waals surface area contributed by atoms with E-state index in [4.69, 9.17) is 14.0 Å². The number of fused-ring (bicyclic) bond motifs is 1. The molecule has 204 valence electrons. The fraction of sp³-hybridized carbons (Fsp3) is 0.471. The minimum absolute atomic E-state index is 0.0205. The van der Waals surface area contributed by atoms with Crippen LogP contribution in [0.4, 0.5) is 0 Å². The lowest BCUT2D eigenvalue weighted by Crippen LogP contribution is -2.20. The van der Waals surface area contributed by atoms with E-state index >= 15 is 0 Å². The Morgan fingerprint density at radius 2 is 1.92 bits per heavy atom. The van der Waals surface area contributed by atoms with Crippen LogP contribution >= 0.6 is 0 Å². The summed E-state index contributed by atoms with van der Waals surface area (Å²) in [5.74, 6) is 3.22. The Balaban J connectivity index is 1.01. The molecule has 2 heterocycles. The largest absolute Gasteiger partial charge is 0.491 e. The summed E-state index contributed by atoms with van der Waals surface area (Å²) < 4.78 is 16.6. The topological polar surface area (TPSA) is 61.6 Å². The van der Waals surface area contributed by atoms with Crippen LogP contribution in [0.2, 0.25) is 0 Å². The summed E-state index contributed by atoms with van der Waals surface area (Å²) in [6.07, 6.45) is 10.4. The maximum atomic E-state index is 13.2. The molecule has 3 aliphatic rings. The third-order valence-electron chi connectivity index (χ3n) is 8.65. The second-order valence-corrected chi connectivity index (χ2v) is 12.6. The number of carbonyl (C=O) groups is 1. The molecule has 0 N–H and O–H groups in total. The molecule has 0 bridgehead atoms. The van der Waals surface area contributed by atoms with Crippen LogP contribution in [-0.4, -0.2) is 30.3 Å². The highest BCUT2D eigenvalue weighted by molar-refractivity contribution is 5.99. The molecule has 6 rings (SSSR count). The van der Waals surface area contributed by atoms with Gasteiger partial charge in [-0.1, -0.05) is 49.4 Å². The average molecular weight is 526 g/mol. The van der Waals surface area contributed by atoms with E-state index in [1.54, 1.807) is 0 Å². The molecule has 4 atom stereocenters. The van der Waals surface area contributed by atoms with Crippen molar-refractivity contribution in [1.29, 1.82) is 0 Å². The van der Waals surface area contributed by atoms with E-state index in [1.165, 1.54) is 23.1 Å². The Morgan fingerprint density at radius 1 is 1.08 bits per heavy atom. The van der Waals surface area contributed by atoms with Crippen LogP contribution < -0.4 is 4.74 Å². The van der Waals surface area contributed by atoms with Crippen molar-refractivity contribution in [2.45, 2.75) is 65.4 Å². The molecule has 2 aromatic carbocycles. The van der Waals surface area contributed by atoms with Crippen LogP contribution in [0.3, 0.4) is 0 Å². The molecule has 0 saturated heterocycles. The van der Waals surface area contributed by atoms with Gasteiger partial charge in [-0.3, -0.25) is 4.79 Å². The number of hydrogen-bond acceptors (Lipinski definition) is 5. The van der Waals surface area contributed by atoms with Crippen LogP contribution in [0.1, 0.15) is 65.2 Å². The first-order chi connectivity index (χ1) is 18.8. The highest BCUT2D eigenvalue weighted by Crippen LogP contribution is 2.50. The van der Waals surface area contributed by atoms with E-state index in [0.717, 1.165) is 54.9 Å². The van der Waals surface area contributed by atoms with Gasteiger partial charge in [-0.05, 0) is 104 Å². The number of ether oxygens (including phenoxy) is 2. The molecule has 5 nitrogen and oxygen atoms in total. The molecular formula is C34H39NO4. The lowest BCUT2D eigenvalue weighted by molar-refractivity contribution is 0.0837. The van der Waals surface area contributed by atoms with Crippen molar-refractivity contribution >= 4 is 5.78 Å². The number of Topliss-reactive ketones (excluding diaryl/α,β-unsaturated/α-hetero) is 1. The summed E-state index contributed by atoms with van der Waals surface area (Å²) in [4.78, 5) is 13.2. The number of nitrogens with zero attached hydrogens (tertiary/aromatic N) is 1. The second kappa shape index (κ2) is 10.8. The number of benzene rings is 2. The normalized spacial score (nSPS) is 24.0. The standard InChI is InChI=1S/C34H39NO4/c1-22-15-28(35-39-22)20-34(2,3)19-23-6-7-26-17-27(9-8-25(26)16-23)31-18-32(31)33(36)24-10-12-29(13-11-24)38-21-30-5-4-14-37-30/h4-7,10-13,15-16,27,30-32H,8-9,14,17-21H2,1-3H3/t27-,30-,31?,32?/m0/s1. The first-order valence-electron chi connectivity index (χ1n) is 14.4. The van der Waals surface area contributed by atoms with Crippen LogP contribution in [0.15, 0.2) is 65.2 Å². The summed E-state index contributed by atoms with van der Waals surface area (Å²) in [6.45, 7) is 7.71. The molecule has 1 fully saturated rings. The van der Waals surface area contributed by atoms with Crippen molar-refractivity contribution in [3.05, 3.63) is 94.4 Å². The zero-order valence-electron chi connectivity index (χ0n) is 23.3. The number of hydrogen-bond donors (Lipinski definition) is 0. The average Bonchev–Trinajstić information content (AvgIpc) is 3.34. The molecule has 1 aromatic heterocycles. The summed E-state index contributed by atoms with van der Waals surface area (Å²) in [7, 11) is 0. The van der Waals surface area contributed by atoms with E-state index in [1.807, 2.05) is 49.4 Å². The number of aryl methyl sites for hydroxylation is 2. The van der Waals surface area contributed by atoms with Crippen molar-refractivity contribution in [3.8, 4) is 5.75 Å². The quantitative estimate of drug-likeness (QED) is 0.216. The molecular weight excluding hydrogens is 486 g/mol. The number of rotatable bonds is 10. The Labute approximate surface area is 231 Å². The Morgan fingerprint density at radius 3 is 2.67 bits per heavy atom. The summed E-state index contributed by atoms with van der Waals surface area (Å²) in [5.41, 5.74) is 6.31. The fourth-order valence-corrected chi connectivity index (χ4v) is 6.61. The minimum atomic E-state index is 0.0205. The molecule has 2 unspecified atom stereocenters. The molecule has 0 radical (unpaired) electrons. The third kappa shape index (κ3) is 6.19. The Hall–Kier alpha value is -3.18. The van der Waals surface area contributed by atoms with E-state index in [-0.39, 0.29) is 17.4 Å². The van der Waals surface area contributed by atoms with Crippen LogP contribution in [0, 0.1) is 30.1 Å². The van der Waals surface area contributed by atoms with Crippen molar-refractivity contribution in [1.82, 2.24) is 5.16 Å². The van der Waals surface area contributed by atoms with E-state index in [0.29, 0.717) is 30.8 Å². The highest BCUT2D eigenvalue weighted by Gasteiger charge is 2.47. The van der Waals surface area contributed by atoms with Gasteiger partial charge in [-0.2, -0.15) is 0 Å². The van der Waals surface area contributed by atoms with E-state index in [9.17, 15) is 4.79 Å². The predicted octanol–water partition coefficient (Wildman–Crippen LogP) is 6.75. The summed E-state index contributed by atoms with van der Waals surface area (Å²) in [6, 6.07) is 16.8. The first-order valence-corrected chi connectivity index (χ1v) is 14.4. The van der Waals surface area contributed by atoms with Gasteiger partial charge >= 0.3 is 0 Å². The lowest BCUT2D eigenvalue weighted by atomic mass is 9.77. The SMILES string of the molecule is Cc1cc(CC(C)(C)Cc2ccc3c(c2)CC[C@H](C2CC2C(=O)c2ccc(OC[C@@H]4C=CCO4)cc2)C3)no1. The van der Waals surface area contributed by atoms with Gasteiger partial charge in [-0.15, -0.1) is 0 Å². The predicted molar refractivity (Wildman–Crippen MR) is 151 cm³/mol. The third-order valence-corrected chi connectivity index (χ3v) is 8.65. The fourth-order valence-electron chi connectivity index (χ4n) is 6.61. The monoisotopic (exact) mass is 525 g/mol. The van der Waals surface area contributed by atoms with Gasteiger partial charge in [0.05, 0.1) is 12.3 Å². The van der Waals surface area contributed by atoms with Gasteiger partial charge in [-0.25, -0.2) is 0 Å². The second-order valence-electron chi connectivity index (χ2n) is 12.6. The van der Waals surface area contributed by atoms with Gasteiger partial charge in [0.1, 0.15) is 24.2 Å². The molecule has 3 aromatic rings. The highest BCUT2D eigenvalue weighted by atomic mass is 16.5. The molecule has 0 spiro atoms. The lowest BCUT2D eigenvalue weighted by Gasteiger charge is -2.27. The number of aromatic nitrogens is 1. The van der Waals surface area contributed by atoms with Crippen LogP contribution in [-0.2, 0) is 30.4 Å². The van der Waals surface area contributed by atoms with Crippen molar-refractivity contribution in [2.24, 2.45) is 23.2 Å². The Kier molecular flexibility index (Phi) is 7.20. The van der Waals surface area contributed by atoms with Crippen LogP contribution in [0.5, 0.6) is 5.75 Å². The first kappa shape index (κ1) is 26.1. The van der Waals surface area contributed by atoms with Gasteiger partial charge in [0, 0.05) is 17.5 Å². The Bertz CT molecular complexity index is 1350. The molecule has 1 saturated carbocycles. The zero-order valence-corrected chi connectivity index (χ0v) is 23.3. The van der Waals surface area contributed by atoms with Crippen LogP contribution in [0.25, 0.3) is 0 Å². The smallest absolute Gasteiger partial charge is 0.166 e. The van der Waals surface area contributed by atoms with Crippen molar-refractivity contribution in [3.63, 3.8) is 0 Å². The van der Waals surface area contributed by atoms with Gasteiger partial charge in [0.25, 0.3) is 0 Å². The molecule has 1 aliphatic heterocycles. The van der Waals surface area contributed by atoms with Gasteiger partial charge < -0.3 is 14.0 Å². The van der Waals surface area contributed by atoms with Gasteiger partial charge in [0.15, 0.2) is 5.78 Å². The van der Waals surface area contributed by atoms with Crippen molar-refractivity contribution < 1.29 is 18.8 Å². The summed E-state index contributed by atoms with van der Waals surface area (Å²) >= 11 is 0. The minimum Gasteiger partial charge on any atom is -0.491 e. The zero-order chi connectivity index (χ0) is 27.0. The maximum absolute atomic E-state index is 13.2. The van der Waals surface area contributed by atoms with E-state index < -0.39 is 0 Å². The van der Waals surface area contributed by atoms with Gasteiger partial charge in [0.2, 0.25) is 0 Å². The summed E-state index contributed by atoms with van der Waals surface area (Å²) in [5, 5.41) is 4.20. The molecule has 2 aliphatic carbocycles. The molecule has 39 heavy (non-hydrogen) atoms. The number of ketones is 1. The van der Waals surface area contributed by atoms with Crippen molar-refractivity contribution in [2.75, 3.05) is 13.2 Å². The molecule has 0 amide bonds. The molecule has 5 heteroatoms.